The monoisotopic (exact) mass is 425 g/mol. The van der Waals surface area contributed by atoms with E-state index in [1.165, 1.54) is 30.0 Å². The lowest BCUT2D eigenvalue weighted by Gasteiger charge is -2.09. The molecule has 30 heavy (non-hydrogen) atoms. The van der Waals surface area contributed by atoms with Gasteiger partial charge in [-0.2, -0.15) is 4.39 Å². The van der Waals surface area contributed by atoms with Crippen LogP contribution in [-0.2, 0) is 13.2 Å². The van der Waals surface area contributed by atoms with Gasteiger partial charge in [0.1, 0.15) is 18.0 Å². The number of nitrogens with one attached hydrogen (secondary N) is 1. The Hall–Kier alpha value is -3.63. The number of rotatable bonds is 7. The minimum Gasteiger partial charge on any atom is -0.445 e. The first kappa shape index (κ1) is 19.7. The molecule has 4 heterocycles. The average molecular weight is 425 g/mol. The zero-order chi connectivity index (χ0) is 20.9. The predicted molar refractivity (Wildman–Crippen MR) is 109 cm³/mol. The van der Waals surface area contributed by atoms with Crippen LogP contribution in [0.3, 0.4) is 0 Å². The highest BCUT2D eigenvalue weighted by Crippen LogP contribution is 2.19. The van der Waals surface area contributed by atoms with Crippen molar-refractivity contribution in [3.05, 3.63) is 82.8 Å². The second-order valence-corrected chi connectivity index (χ2v) is 7.05. The van der Waals surface area contributed by atoms with Crippen LogP contribution in [0.2, 0.25) is 0 Å². The van der Waals surface area contributed by atoms with Gasteiger partial charge in [0.15, 0.2) is 17.3 Å². The number of aliphatic hydroxyl groups is 1. The van der Waals surface area contributed by atoms with Gasteiger partial charge in [-0.15, -0.1) is 11.3 Å². The number of halogens is 1. The predicted octanol–water partition coefficient (Wildman–Crippen LogP) is 3.43. The van der Waals surface area contributed by atoms with Crippen molar-refractivity contribution < 1.29 is 18.7 Å². The van der Waals surface area contributed by atoms with Crippen LogP contribution in [0.4, 0.5) is 9.52 Å². The van der Waals surface area contributed by atoms with Crippen LogP contribution in [0.5, 0.6) is 0 Å². The number of anilines is 1. The maximum Gasteiger partial charge on any atom is 0.274 e. The average Bonchev–Trinajstić information content (AvgIpc) is 3.47. The highest BCUT2D eigenvalue weighted by molar-refractivity contribution is 7.14. The number of hydrogen-bond donors (Lipinski definition) is 2. The zero-order valence-corrected chi connectivity index (χ0v) is 16.3. The lowest BCUT2D eigenvalue weighted by atomic mass is 10.2. The first-order chi connectivity index (χ1) is 14.6. The summed E-state index contributed by atoms with van der Waals surface area (Å²) < 4.78 is 20.1. The van der Waals surface area contributed by atoms with Crippen molar-refractivity contribution in [1.29, 1.82) is 0 Å². The second kappa shape index (κ2) is 8.80. The fraction of sp³-hybridized carbons (Fsp3) is 0.100. The fourth-order valence-corrected chi connectivity index (χ4v) is 3.45. The molecule has 4 aromatic rings. The van der Waals surface area contributed by atoms with Gasteiger partial charge in [0.25, 0.3) is 5.91 Å². The van der Waals surface area contributed by atoms with E-state index in [1.807, 2.05) is 0 Å². The van der Waals surface area contributed by atoms with Crippen LogP contribution in [0.15, 0.2) is 52.9 Å². The molecule has 0 aliphatic rings. The topological polar surface area (TPSA) is 106 Å². The number of hydrogen-bond acceptors (Lipinski definition) is 7. The molecule has 0 aromatic carbocycles. The van der Waals surface area contributed by atoms with Crippen LogP contribution in [0, 0.1) is 5.95 Å². The molecule has 0 radical (unpaired) electrons. The summed E-state index contributed by atoms with van der Waals surface area (Å²) in [6.45, 7) is 0.0930. The standard InChI is InChI=1S/C20H16FN5O3S/c21-18-8-13(5-6-22-18)9-26-7-1-2-16(26)19(28)25-20-24-14(11-30-20)3-4-15-17(10-27)29-12-23-15/h1-8,11-12,27H,9-10H2,(H,24,25,28)/b4-3+. The summed E-state index contributed by atoms with van der Waals surface area (Å²) in [5.74, 6) is -0.519. The van der Waals surface area contributed by atoms with Crippen LogP contribution in [0.1, 0.15) is 33.2 Å². The molecule has 0 spiro atoms. The molecule has 0 bridgehead atoms. The summed E-state index contributed by atoms with van der Waals surface area (Å²) in [5, 5.41) is 14.2. The third-order valence-electron chi connectivity index (χ3n) is 4.18. The van der Waals surface area contributed by atoms with Crippen molar-refractivity contribution in [3.8, 4) is 0 Å². The van der Waals surface area contributed by atoms with Crippen LogP contribution >= 0.6 is 11.3 Å². The maximum absolute atomic E-state index is 13.3. The van der Waals surface area contributed by atoms with Gasteiger partial charge in [-0.1, -0.05) is 0 Å². The molecule has 0 fully saturated rings. The van der Waals surface area contributed by atoms with Crippen molar-refractivity contribution in [2.24, 2.45) is 0 Å². The highest BCUT2D eigenvalue weighted by Gasteiger charge is 2.13. The molecule has 0 unspecified atom stereocenters. The van der Waals surface area contributed by atoms with Gasteiger partial charge in [0, 0.05) is 24.3 Å². The number of carbonyl (C=O) groups is 1. The number of aliphatic hydroxyl groups excluding tert-OH is 1. The SMILES string of the molecule is O=C(Nc1nc(/C=C/c2ncoc2CO)cs1)c1cccn1Cc1ccnc(F)c1. The normalized spacial score (nSPS) is 11.3. The van der Waals surface area contributed by atoms with Gasteiger partial charge < -0.3 is 14.1 Å². The zero-order valence-electron chi connectivity index (χ0n) is 15.5. The second-order valence-electron chi connectivity index (χ2n) is 6.19. The van der Waals surface area contributed by atoms with Gasteiger partial charge in [-0.25, -0.2) is 15.0 Å². The Morgan fingerprint density at radius 1 is 1.33 bits per heavy atom. The van der Waals surface area contributed by atoms with E-state index >= 15 is 0 Å². The summed E-state index contributed by atoms with van der Waals surface area (Å²) in [4.78, 5) is 24.6. The largest absolute Gasteiger partial charge is 0.445 e. The van der Waals surface area contributed by atoms with Gasteiger partial charge in [-0.05, 0) is 42.0 Å². The van der Waals surface area contributed by atoms with E-state index in [4.69, 9.17) is 4.42 Å². The van der Waals surface area contributed by atoms with E-state index in [0.717, 1.165) is 0 Å². The summed E-state index contributed by atoms with van der Waals surface area (Å²) in [7, 11) is 0. The van der Waals surface area contributed by atoms with E-state index in [0.29, 0.717) is 40.1 Å². The first-order valence-electron chi connectivity index (χ1n) is 8.86. The minimum absolute atomic E-state index is 0.246. The van der Waals surface area contributed by atoms with E-state index in [-0.39, 0.29) is 12.5 Å². The molecule has 152 valence electrons. The van der Waals surface area contributed by atoms with E-state index < -0.39 is 5.95 Å². The van der Waals surface area contributed by atoms with Crippen LogP contribution in [0.25, 0.3) is 12.2 Å². The Kier molecular flexibility index (Phi) is 5.77. The Balaban J connectivity index is 1.43. The first-order valence-corrected chi connectivity index (χ1v) is 9.74. The number of pyridine rings is 1. The fourth-order valence-electron chi connectivity index (χ4n) is 2.77. The minimum atomic E-state index is -0.564. The van der Waals surface area contributed by atoms with Crippen molar-refractivity contribution in [2.75, 3.05) is 5.32 Å². The molecule has 0 atom stereocenters. The molecular formula is C20H16FN5O3S. The van der Waals surface area contributed by atoms with Gasteiger partial charge in [0.05, 0.1) is 5.69 Å². The molecule has 0 saturated carbocycles. The Labute approximate surface area is 174 Å². The quantitative estimate of drug-likeness (QED) is 0.440. The number of thiazole rings is 1. The molecule has 0 saturated heterocycles. The van der Waals surface area contributed by atoms with E-state index in [1.54, 1.807) is 46.5 Å². The molecule has 10 heteroatoms. The Morgan fingerprint density at radius 2 is 2.23 bits per heavy atom. The molecular weight excluding hydrogens is 409 g/mol. The van der Waals surface area contributed by atoms with Crippen molar-refractivity contribution in [1.82, 2.24) is 19.5 Å². The Morgan fingerprint density at radius 3 is 3.07 bits per heavy atom. The smallest absolute Gasteiger partial charge is 0.274 e. The molecule has 0 aliphatic heterocycles. The lowest BCUT2D eigenvalue weighted by Crippen LogP contribution is -2.17. The highest BCUT2D eigenvalue weighted by atomic mass is 32.1. The number of carbonyl (C=O) groups excluding carboxylic acids is 1. The van der Waals surface area contributed by atoms with Crippen molar-refractivity contribution in [3.63, 3.8) is 0 Å². The third kappa shape index (κ3) is 4.50. The van der Waals surface area contributed by atoms with Crippen molar-refractivity contribution in [2.45, 2.75) is 13.2 Å². The number of amides is 1. The van der Waals surface area contributed by atoms with E-state index in [2.05, 4.69) is 20.3 Å². The summed E-state index contributed by atoms with van der Waals surface area (Å²) in [6.07, 6.45) is 7.78. The molecule has 2 N–H and O–H groups in total. The number of oxazole rings is 1. The third-order valence-corrected chi connectivity index (χ3v) is 4.95. The van der Waals surface area contributed by atoms with Gasteiger partial charge in [-0.3, -0.25) is 10.1 Å². The summed E-state index contributed by atoms with van der Waals surface area (Å²) in [5.41, 5.74) is 2.27. The molecule has 4 aromatic heterocycles. The lowest BCUT2D eigenvalue weighted by molar-refractivity contribution is 0.101. The van der Waals surface area contributed by atoms with E-state index in [9.17, 15) is 14.3 Å². The van der Waals surface area contributed by atoms with Gasteiger partial charge >= 0.3 is 0 Å². The Bertz CT molecular complexity index is 1200. The summed E-state index contributed by atoms with van der Waals surface area (Å²) >= 11 is 1.28. The summed E-state index contributed by atoms with van der Waals surface area (Å²) in [6, 6.07) is 6.46. The van der Waals surface area contributed by atoms with Crippen molar-refractivity contribution >= 4 is 34.5 Å². The van der Waals surface area contributed by atoms with Gasteiger partial charge in [0.2, 0.25) is 5.95 Å². The molecule has 1 amide bonds. The molecule has 4 rings (SSSR count). The number of aromatic nitrogens is 4. The molecule has 0 aliphatic carbocycles. The maximum atomic E-state index is 13.3. The van der Waals surface area contributed by atoms with Crippen LogP contribution < -0.4 is 5.32 Å². The molecule has 8 nitrogen and oxygen atoms in total. The van der Waals surface area contributed by atoms with Crippen LogP contribution in [-0.4, -0.2) is 30.5 Å². The number of nitrogens with zero attached hydrogens (tertiary/aromatic N) is 4.